The van der Waals surface area contributed by atoms with Gasteiger partial charge >= 0.3 is 0 Å². The molecule has 0 aliphatic heterocycles. The van der Waals surface area contributed by atoms with E-state index in [0.717, 1.165) is 44.7 Å². The number of methoxy groups -OCH3 is 1. The van der Waals surface area contributed by atoms with Crippen molar-refractivity contribution in [2.45, 2.75) is 13.5 Å². The fraction of sp³-hybridized carbons (Fsp3) is 0.158. The Labute approximate surface area is 153 Å². The topological polar surface area (TPSA) is 50.8 Å². The lowest BCUT2D eigenvalue weighted by molar-refractivity contribution is 0.415. The summed E-state index contributed by atoms with van der Waals surface area (Å²) in [5, 5.41) is 10.7. The summed E-state index contributed by atoms with van der Waals surface area (Å²) in [7, 11) is 1.65. The quantitative estimate of drug-likeness (QED) is 0.482. The lowest BCUT2D eigenvalue weighted by Gasteiger charge is -2.09. The molecule has 0 spiro atoms. The molecule has 4 aromatic rings. The summed E-state index contributed by atoms with van der Waals surface area (Å²) in [6.07, 6.45) is 0. The molecule has 0 unspecified atom stereocenters. The third kappa shape index (κ3) is 2.46. The second kappa shape index (κ2) is 6.07. The Balaban J connectivity index is 2.06. The zero-order chi connectivity index (χ0) is 17.6. The van der Waals surface area contributed by atoms with Crippen molar-refractivity contribution in [3.8, 4) is 23.1 Å². The largest absolute Gasteiger partial charge is 0.497 e. The molecule has 4 nitrogen and oxygen atoms in total. The van der Waals surface area contributed by atoms with Crippen LogP contribution in [0.25, 0.3) is 32.4 Å². The number of ether oxygens (including phenoxy) is 1. The first-order valence-corrected chi connectivity index (χ1v) is 9.02. The number of thiazole rings is 1. The second-order valence-electron chi connectivity index (χ2n) is 5.61. The number of hydrogen-bond donors (Lipinski definition) is 0. The number of benzene rings is 2. The molecular formula is C19H14ClN3OS. The van der Waals surface area contributed by atoms with E-state index in [1.165, 1.54) is 11.3 Å². The number of halogens is 1. The van der Waals surface area contributed by atoms with Crippen LogP contribution in [0.3, 0.4) is 0 Å². The molecule has 4 rings (SSSR count). The average Bonchev–Trinajstić information content (AvgIpc) is 3.16. The van der Waals surface area contributed by atoms with Crippen molar-refractivity contribution in [3.63, 3.8) is 0 Å². The molecule has 0 atom stereocenters. The van der Waals surface area contributed by atoms with Crippen molar-refractivity contribution in [1.82, 2.24) is 9.55 Å². The maximum Gasteiger partial charge on any atom is 0.184 e. The minimum Gasteiger partial charge on any atom is -0.497 e. The minimum atomic E-state index is 0.522. The zero-order valence-corrected chi connectivity index (χ0v) is 15.3. The van der Waals surface area contributed by atoms with Gasteiger partial charge in [-0.05, 0) is 31.2 Å². The molecule has 0 fully saturated rings. The SMILES string of the molecule is CCn1c(-c2ccc3nc(Cl)sc3c2)c(C#N)c2ccc(OC)cc21. The molecule has 0 bridgehead atoms. The summed E-state index contributed by atoms with van der Waals surface area (Å²) >= 11 is 7.48. The van der Waals surface area contributed by atoms with E-state index in [0.29, 0.717) is 10.0 Å². The molecule has 2 aromatic heterocycles. The van der Waals surface area contributed by atoms with Gasteiger partial charge in [-0.1, -0.05) is 17.7 Å². The minimum absolute atomic E-state index is 0.522. The fourth-order valence-corrected chi connectivity index (χ4v) is 4.31. The highest BCUT2D eigenvalue weighted by Crippen LogP contribution is 2.37. The summed E-state index contributed by atoms with van der Waals surface area (Å²) < 4.78 is 9.04. The number of aromatic nitrogens is 2. The van der Waals surface area contributed by atoms with E-state index in [2.05, 4.69) is 28.6 Å². The van der Waals surface area contributed by atoms with Crippen molar-refractivity contribution < 1.29 is 4.74 Å². The van der Waals surface area contributed by atoms with Gasteiger partial charge in [0.2, 0.25) is 0 Å². The van der Waals surface area contributed by atoms with Gasteiger partial charge in [-0.3, -0.25) is 0 Å². The van der Waals surface area contributed by atoms with Crippen molar-refractivity contribution in [2.24, 2.45) is 0 Å². The van der Waals surface area contributed by atoms with Crippen LogP contribution < -0.4 is 4.74 Å². The number of nitriles is 1. The van der Waals surface area contributed by atoms with E-state index in [1.54, 1.807) is 7.11 Å². The molecule has 0 amide bonds. The molecule has 0 aliphatic carbocycles. The van der Waals surface area contributed by atoms with Crippen LogP contribution in [0.2, 0.25) is 4.47 Å². The zero-order valence-electron chi connectivity index (χ0n) is 13.7. The predicted octanol–water partition coefficient (Wildman–Crippen LogP) is 5.47. The molecule has 0 saturated carbocycles. The van der Waals surface area contributed by atoms with Crippen LogP contribution in [0, 0.1) is 11.3 Å². The van der Waals surface area contributed by atoms with Gasteiger partial charge in [0, 0.05) is 23.6 Å². The summed E-state index contributed by atoms with van der Waals surface area (Å²) in [5.41, 5.74) is 4.45. The third-order valence-electron chi connectivity index (χ3n) is 4.34. The van der Waals surface area contributed by atoms with Crippen LogP contribution in [0.1, 0.15) is 12.5 Å². The highest BCUT2D eigenvalue weighted by Gasteiger charge is 2.19. The number of nitrogens with zero attached hydrogens (tertiary/aromatic N) is 3. The summed E-state index contributed by atoms with van der Waals surface area (Å²) in [6, 6.07) is 14.2. The standard InChI is InChI=1S/C19H14ClN3OS/c1-3-23-16-9-12(24-2)5-6-13(16)14(10-21)18(23)11-4-7-15-17(8-11)25-19(20)22-15/h4-9H,3H2,1-2H3. The lowest BCUT2D eigenvalue weighted by Crippen LogP contribution is -1.97. The van der Waals surface area contributed by atoms with Crippen LogP contribution >= 0.6 is 22.9 Å². The Morgan fingerprint density at radius 2 is 2.12 bits per heavy atom. The van der Waals surface area contributed by atoms with Gasteiger partial charge < -0.3 is 9.30 Å². The summed E-state index contributed by atoms with van der Waals surface area (Å²) in [4.78, 5) is 4.29. The summed E-state index contributed by atoms with van der Waals surface area (Å²) in [6.45, 7) is 2.83. The van der Waals surface area contributed by atoms with Gasteiger partial charge in [0.05, 0.1) is 34.1 Å². The van der Waals surface area contributed by atoms with E-state index in [-0.39, 0.29) is 0 Å². The Morgan fingerprint density at radius 1 is 1.28 bits per heavy atom. The Hall–Kier alpha value is -2.55. The first-order chi connectivity index (χ1) is 12.2. The lowest BCUT2D eigenvalue weighted by atomic mass is 10.1. The molecule has 0 saturated heterocycles. The van der Waals surface area contributed by atoms with Gasteiger partial charge in [-0.15, -0.1) is 11.3 Å². The molecule has 0 N–H and O–H groups in total. The van der Waals surface area contributed by atoms with Crippen LogP contribution in [0.4, 0.5) is 0 Å². The van der Waals surface area contributed by atoms with Crippen LogP contribution in [0.5, 0.6) is 5.75 Å². The van der Waals surface area contributed by atoms with E-state index in [4.69, 9.17) is 16.3 Å². The van der Waals surface area contributed by atoms with Gasteiger partial charge in [-0.2, -0.15) is 5.26 Å². The fourth-order valence-electron chi connectivity index (χ4n) is 3.24. The molecule has 0 aliphatic rings. The first-order valence-electron chi connectivity index (χ1n) is 7.83. The van der Waals surface area contributed by atoms with E-state index in [1.807, 2.05) is 30.3 Å². The average molecular weight is 368 g/mol. The highest BCUT2D eigenvalue weighted by atomic mass is 35.5. The van der Waals surface area contributed by atoms with Crippen LogP contribution in [-0.2, 0) is 6.54 Å². The maximum atomic E-state index is 9.81. The molecule has 2 heterocycles. The Bertz CT molecular complexity index is 1150. The monoisotopic (exact) mass is 367 g/mol. The molecule has 2 aromatic carbocycles. The van der Waals surface area contributed by atoms with E-state index in [9.17, 15) is 5.26 Å². The van der Waals surface area contributed by atoms with E-state index >= 15 is 0 Å². The molecule has 25 heavy (non-hydrogen) atoms. The van der Waals surface area contributed by atoms with Gasteiger partial charge in [-0.25, -0.2) is 4.98 Å². The van der Waals surface area contributed by atoms with Crippen molar-refractivity contribution in [2.75, 3.05) is 7.11 Å². The Kier molecular flexibility index (Phi) is 3.87. The predicted molar refractivity (Wildman–Crippen MR) is 103 cm³/mol. The van der Waals surface area contributed by atoms with Crippen molar-refractivity contribution in [3.05, 3.63) is 46.4 Å². The van der Waals surface area contributed by atoms with Crippen LogP contribution in [-0.4, -0.2) is 16.7 Å². The number of aryl methyl sites for hydroxylation is 1. The molecular weight excluding hydrogens is 354 g/mol. The number of hydrogen-bond acceptors (Lipinski definition) is 4. The molecule has 124 valence electrons. The van der Waals surface area contributed by atoms with Crippen LogP contribution in [0.15, 0.2) is 36.4 Å². The summed E-state index contributed by atoms with van der Waals surface area (Å²) in [5.74, 6) is 0.778. The number of fused-ring (bicyclic) bond motifs is 2. The van der Waals surface area contributed by atoms with Crippen molar-refractivity contribution in [1.29, 1.82) is 5.26 Å². The third-order valence-corrected chi connectivity index (χ3v) is 5.46. The first kappa shape index (κ1) is 15.9. The van der Waals surface area contributed by atoms with E-state index < -0.39 is 0 Å². The number of rotatable bonds is 3. The van der Waals surface area contributed by atoms with Gasteiger partial charge in [0.15, 0.2) is 4.47 Å². The smallest absolute Gasteiger partial charge is 0.184 e. The second-order valence-corrected chi connectivity index (χ2v) is 7.22. The van der Waals surface area contributed by atoms with Gasteiger partial charge in [0.1, 0.15) is 11.8 Å². The van der Waals surface area contributed by atoms with Crippen molar-refractivity contribution >= 4 is 44.1 Å². The molecule has 6 heteroatoms. The normalized spacial score (nSPS) is 11.1. The Morgan fingerprint density at radius 3 is 2.84 bits per heavy atom. The van der Waals surface area contributed by atoms with Gasteiger partial charge in [0.25, 0.3) is 0 Å². The molecule has 0 radical (unpaired) electrons. The highest BCUT2D eigenvalue weighted by molar-refractivity contribution is 7.22. The maximum absolute atomic E-state index is 9.81.